The average Bonchev–Trinajstić information content (AvgIpc) is 3.25. The molecule has 0 radical (unpaired) electrons. The van der Waals surface area contributed by atoms with E-state index in [9.17, 15) is 14.4 Å². The van der Waals surface area contributed by atoms with Crippen LogP contribution in [0.4, 0.5) is 0 Å². The molecule has 0 aromatic carbocycles. The van der Waals surface area contributed by atoms with Crippen LogP contribution in [0.2, 0.25) is 0 Å². The first-order chi connectivity index (χ1) is 14.1. The number of aliphatic hydroxyl groups is 1. The molecule has 1 spiro atoms. The third-order valence-electron chi connectivity index (χ3n) is 6.78. The van der Waals surface area contributed by atoms with Gasteiger partial charge in [-0.15, -0.1) is 0 Å². The zero-order valence-electron chi connectivity index (χ0n) is 18.8. The number of carbonyl (C=O) groups is 3. The Morgan fingerprint density at radius 2 is 1.97 bits per heavy atom. The third-order valence-corrected chi connectivity index (χ3v) is 6.78. The summed E-state index contributed by atoms with van der Waals surface area (Å²) in [5.74, 6) is -2.29. The standard InChI is InChI=1S/C22H36N2O6/c1-6-21-10-11-22(30-21)14(15(21)19(28)29-7-2)18(27)24(12-8-9-13-25)16(22)17(26)23-20(3,4)5/h14-16,25H,6-13H2,1-5H3,(H,23,26)/t14-,15+,16?,21-,22?/m0/s1. The number of likely N-dealkylation sites (tertiary alicyclic amines) is 1. The molecule has 3 heterocycles. The monoisotopic (exact) mass is 424 g/mol. The lowest BCUT2D eigenvalue weighted by Gasteiger charge is -2.35. The predicted molar refractivity (Wildman–Crippen MR) is 109 cm³/mol. The normalized spacial score (nSPS) is 34.9. The molecule has 2 unspecified atom stereocenters. The maximum atomic E-state index is 13.6. The van der Waals surface area contributed by atoms with Crippen molar-refractivity contribution in [3.8, 4) is 0 Å². The van der Waals surface area contributed by atoms with Gasteiger partial charge in [-0.05, 0) is 59.8 Å². The van der Waals surface area contributed by atoms with Crippen LogP contribution in [0.3, 0.4) is 0 Å². The van der Waals surface area contributed by atoms with Crippen molar-refractivity contribution in [2.45, 2.75) is 89.5 Å². The molecule has 8 nitrogen and oxygen atoms in total. The Morgan fingerprint density at radius 3 is 2.53 bits per heavy atom. The van der Waals surface area contributed by atoms with E-state index in [-0.39, 0.29) is 25.0 Å². The first kappa shape index (κ1) is 23.0. The third kappa shape index (κ3) is 3.51. The summed E-state index contributed by atoms with van der Waals surface area (Å²) < 4.78 is 11.9. The quantitative estimate of drug-likeness (QED) is 0.451. The Balaban J connectivity index is 2.03. The summed E-state index contributed by atoms with van der Waals surface area (Å²) in [6.45, 7) is 10.0. The van der Waals surface area contributed by atoms with E-state index in [1.165, 1.54) is 0 Å². The van der Waals surface area contributed by atoms with Gasteiger partial charge in [0.05, 0.1) is 18.1 Å². The SMILES string of the molecule is CCOC(=O)[C@H]1[C@H]2C(=O)N(CCCCO)C(C(=O)NC(C)(C)C)C23CC[C@]1(CC)O3. The summed E-state index contributed by atoms with van der Waals surface area (Å²) >= 11 is 0. The molecule has 3 rings (SSSR count). The van der Waals surface area contributed by atoms with E-state index in [2.05, 4.69) is 5.32 Å². The second kappa shape index (κ2) is 8.11. The fraction of sp³-hybridized carbons (Fsp3) is 0.864. The lowest BCUT2D eigenvalue weighted by molar-refractivity contribution is -0.160. The number of esters is 1. The highest BCUT2D eigenvalue weighted by Gasteiger charge is 2.79. The Hall–Kier alpha value is -1.67. The van der Waals surface area contributed by atoms with Gasteiger partial charge in [0.15, 0.2) is 0 Å². The van der Waals surface area contributed by atoms with Crippen LogP contribution in [-0.2, 0) is 23.9 Å². The highest BCUT2D eigenvalue weighted by Crippen LogP contribution is 2.64. The molecule has 170 valence electrons. The number of hydrogen-bond donors (Lipinski definition) is 2. The summed E-state index contributed by atoms with van der Waals surface area (Å²) in [7, 11) is 0. The van der Waals surface area contributed by atoms with Crippen LogP contribution < -0.4 is 5.32 Å². The fourth-order valence-corrected chi connectivity index (χ4v) is 5.68. The molecule has 30 heavy (non-hydrogen) atoms. The Labute approximate surface area is 178 Å². The lowest BCUT2D eigenvalue weighted by Crippen LogP contribution is -2.58. The molecule has 2 amide bonds. The van der Waals surface area contributed by atoms with Crippen molar-refractivity contribution in [1.82, 2.24) is 10.2 Å². The molecule has 8 heteroatoms. The number of hydrogen-bond acceptors (Lipinski definition) is 6. The summed E-state index contributed by atoms with van der Waals surface area (Å²) in [6.07, 6.45) is 2.88. The van der Waals surface area contributed by atoms with Crippen molar-refractivity contribution < 1.29 is 29.0 Å². The summed E-state index contributed by atoms with van der Waals surface area (Å²) in [5.41, 5.74) is -2.24. The Bertz CT molecular complexity index is 704. The average molecular weight is 425 g/mol. The molecule has 0 aromatic heterocycles. The molecule has 2 bridgehead atoms. The second-order valence-electron chi connectivity index (χ2n) is 9.79. The van der Waals surface area contributed by atoms with Gasteiger partial charge in [0.1, 0.15) is 17.6 Å². The number of nitrogens with zero attached hydrogens (tertiary/aromatic N) is 1. The number of fused-ring (bicyclic) bond motifs is 1. The van der Waals surface area contributed by atoms with Gasteiger partial charge in [0.2, 0.25) is 11.8 Å². The minimum Gasteiger partial charge on any atom is -0.466 e. The van der Waals surface area contributed by atoms with Crippen molar-refractivity contribution in [2.75, 3.05) is 19.8 Å². The van der Waals surface area contributed by atoms with E-state index < -0.39 is 40.6 Å². The maximum Gasteiger partial charge on any atom is 0.312 e. The maximum absolute atomic E-state index is 13.6. The number of aliphatic hydroxyl groups excluding tert-OH is 1. The topological polar surface area (TPSA) is 105 Å². The van der Waals surface area contributed by atoms with Gasteiger partial charge in [-0.25, -0.2) is 0 Å². The zero-order chi connectivity index (χ0) is 22.3. The molecule has 0 saturated carbocycles. The van der Waals surface area contributed by atoms with Crippen molar-refractivity contribution in [3.63, 3.8) is 0 Å². The van der Waals surface area contributed by atoms with E-state index in [1.54, 1.807) is 11.8 Å². The lowest BCUT2D eigenvalue weighted by atomic mass is 9.65. The molecule has 2 N–H and O–H groups in total. The molecular weight excluding hydrogens is 388 g/mol. The van der Waals surface area contributed by atoms with Gasteiger partial charge in [-0.1, -0.05) is 6.92 Å². The van der Waals surface area contributed by atoms with Crippen LogP contribution >= 0.6 is 0 Å². The molecule has 3 fully saturated rings. The van der Waals surface area contributed by atoms with E-state index in [0.717, 1.165) is 0 Å². The summed E-state index contributed by atoms with van der Waals surface area (Å²) in [4.78, 5) is 41.6. The van der Waals surface area contributed by atoms with Crippen molar-refractivity contribution in [2.24, 2.45) is 11.8 Å². The highest BCUT2D eigenvalue weighted by atomic mass is 16.6. The van der Waals surface area contributed by atoms with Crippen LogP contribution in [0.5, 0.6) is 0 Å². The number of ether oxygens (including phenoxy) is 2. The van der Waals surface area contributed by atoms with Crippen LogP contribution in [0.15, 0.2) is 0 Å². The Kier molecular flexibility index (Phi) is 6.22. The van der Waals surface area contributed by atoms with Gasteiger partial charge >= 0.3 is 5.97 Å². The summed E-state index contributed by atoms with van der Waals surface area (Å²) in [5, 5.41) is 12.2. The zero-order valence-corrected chi connectivity index (χ0v) is 18.8. The molecule has 5 atom stereocenters. The van der Waals surface area contributed by atoms with E-state index in [4.69, 9.17) is 14.6 Å². The van der Waals surface area contributed by atoms with Crippen LogP contribution in [0.25, 0.3) is 0 Å². The minimum atomic E-state index is -1.01. The van der Waals surface area contributed by atoms with Gasteiger partial charge in [-0.2, -0.15) is 0 Å². The number of carbonyl (C=O) groups excluding carboxylic acids is 3. The first-order valence-electron chi connectivity index (χ1n) is 11.2. The predicted octanol–water partition coefficient (Wildman–Crippen LogP) is 1.39. The number of unbranched alkanes of at least 4 members (excludes halogenated alkanes) is 1. The molecule has 3 aliphatic rings. The van der Waals surface area contributed by atoms with E-state index >= 15 is 0 Å². The van der Waals surface area contributed by atoms with Crippen LogP contribution in [0.1, 0.15) is 66.7 Å². The smallest absolute Gasteiger partial charge is 0.312 e. The van der Waals surface area contributed by atoms with Gasteiger partial charge < -0.3 is 24.8 Å². The fourth-order valence-electron chi connectivity index (χ4n) is 5.68. The van der Waals surface area contributed by atoms with Gasteiger partial charge in [0.25, 0.3) is 0 Å². The highest BCUT2D eigenvalue weighted by molar-refractivity contribution is 5.98. The number of amides is 2. The van der Waals surface area contributed by atoms with E-state index in [1.807, 2.05) is 27.7 Å². The van der Waals surface area contributed by atoms with Crippen molar-refractivity contribution >= 4 is 17.8 Å². The number of nitrogens with one attached hydrogen (secondary N) is 1. The largest absolute Gasteiger partial charge is 0.466 e. The second-order valence-corrected chi connectivity index (χ2v) is 9.79. The molecule has 3 saturated heterocycles. The van der Waals surface area contributed by atoms with Crippen molar-refractivity contribution in [3.05, 3.63) is 0 Å². The summed E-state index contributed by atoms with van der Waals surface area (Å²) in [6, 6.07) is -0.791. The van der Waals surface area contributed by atoms with Crippen LogP contribution in [-0.4, -0.2) is 70.3 Å². The number of rotatable bonds is 8. The van der Waals surface area contributed by atoms with Crippen molar-refractivity contribution in [1.29, 1.82) is 0 Å². The van der Waals surface area contributed by atoms with Crippen LogP contribution in [0, 0.1) is 11.8 Å². The minimum absolute atomic E-state index is 0.0242. The molecule has 3 aliphatic heterocycles. The molecule has 0 aliphatic carbocycles. The molecule has 0 aromatic rings. The Morgan fingerprint density at radius 1 is 1.27 bits per heavy atom. The van der Waals surface area contributed by atoms with Gasteiger partial charge in [-0.3, -0.25) is 14.4 Å². The van der Waals surface area contributed by atoms with E-state index in [0.29, 0.717) is 38.6 Å². The first-order valence-corrected chi connectivity index (χ1v) is 11.2. The van der Waals surface area contributed by atoms with Gasteiger partial charge in [0, 0.05) is 18.7 Å². The molecular formula is C22H36N2O6.